The van der Waals surface area contributed by atoms with Gasteiger partial charge in [0, 0.05) is 22.7 Å². The summed E-state index contributed by atoms with van der Waals surface area (Å²) in [6.07, 6.45) is 2.39. The maximum Gasteiger partial charge on any atom is 0.279 e. The van der Waals surface area contributed by atoms with Gasteiger partial charge in [-0.05, 0) is 44.4 Å². The molecular formula is C19H22N4O3S2. The predicted molar refractivity (Wildman–Crippen MR) is 112 cm³/mol. The van der Waals surface area contributed by atoms with Crippen LogP contribution in [0.1, 0.15) is 43.9 Å². The second-order valence-electron chi connectivity index (χ2n) is 6.53. The van der Waals surface area contributed by atoms with E-state index in [1.165, 1.54) is 33.6 Å². The lowest BCUT2D eigenvalue weighted by Crippen LogP contribution is -2.41. The quantitative estimate of drug-likeness (QED) is 0.623. The fourth-order valence-corrected chi connectivity index (χ4v) is 4.88. The zero-order valence-corrected chi connectivity index (χ0v) is 17.8. The minimum Gasteiger partial charge on any atom is -0.298 e. The van der Waals surface area contributed by atoms with Gasteiger partial charge in [0.05, 0.1) is 16.6 Å². The molecule has 0 spiro atoms. The van der Waals surface area contributed by atoms with Gasteiger partial charge in [-0.25, -0.2) is 4.98 Å². The van der Waals surface area contributed by atoms with Crippen molar-refractivity contribution >= 4 is 44.7 Å². The standard InChI is InChI=1S/C19H22N4O3S2/c1-5-13-10(2)8-14(28-13)17(25)22-21-15(24)6-7-23-9-20-18-16(19(23)26)11(3)12(4)27-18/h8-9H,5-7H2,1-4H3,(H,21,24)(H,22,25). The molecule has 2 amide bonds. The number of fused-ring (bicyclic) bond motifs is 1. The molecule has 0 saturated carbocycles. The molecular weight excluding hydrogens is 396 g/mol. The highest BCUT2D eigenvalue weighted by Gasteiger charge is 2.14. The summed E-state index contributed by atoms with van der Waals surface area (Å²) in [4.78, 5) is 44.7. The third kappa shape index (κ3) is 4.00. The largest absolute Gasteiger partial charge is 0.298 e. The fourth-order valence-electron chi connectivity index (χ4n) is 2.88. The van der Waals surface area contributed by atoms with Crippen LogP contribution in [-0.2, 0) is 17.8 Å². The lowest BCUT2D eigenvalue weighted by atomic mass is 10.2. The number of hydrazine groups is 1. The maximum atomic E-state index is 12.6. The van der Waals surface area contributed by atoms with Crippen LogP contribution in [-0.4, -0.2) is 21.4 Å². The maximum absolute atomic E-state index is 12.6. The van der Waals surface area contributed by atoms with E-state index in [9.17, 15) is 14.4 Å². The first-order valence-electron chi connectivity index (χ1n) is 8.95. The van der Waals surface area contributed by atoms with Crippen molar-refractivity contribution < 1.29 is 9.59 Å². The third-order valence-corrected chi connectivity index (χ3v) is 7.11. The van der Waals surface area contributed by atoms with Crippen molar-refractivity contribution in [2.24, 2.45) is 0 Å². The summed E-state index contributed by atoms with van der Waals surface area (Å²) in [5.41, 5.74) is 6.69. The van der Waals surface area contributed by atoms with Crippen LogP contribution in [0.25, 0.3) is 10.2 Å². The Labute approximate surface area is 170 Å². The van der Waals surface area contributed by atoms with Crippen molar-refractivity contribution in [2.75, 3.05) is 0 Å². The van der Waals surface area contributed by atoms with Gasteiger partial charge in [0.25, 0.3) is 11.5 Å². The average molecular weight is 419 g/mol. The molecule has 3 rings (SSSR count). The number of rotatable bonds is 5. The molecule has 0 unspecified atom stereocenters. The van der Waals surface area contributed by atoms with E-state index in [0.29, 0.717) is 15.1 Å². The molecule has 0 bridgehead atoms. The lowest BCUT2D eigenvalue weighted by molar-refractivity contribution is -0.122. The number of hydrogen-bond donors (Lipinski definition) is 2. The van der Waals surface area contributed by atoms with Gasteiger partial charge in [-0.15, -0.1) is 22.7 Å². The summed E-state index contributed by atoms with van der Waals surface area (Å²) in [7, 11) is 0. The molecule has 0 aromatic carbocycles. The van der Waals surface area contributed by atoms with E-state index in [-0.39, 0.29) is 30.3 Å². The van der Waals surface area contributed by atoms with Crippen LogP contribution in [0.4, 0.5) is 0 Å². The van der Waals surface area contributed by atoms with Crippen LogP contribution in [0.5, 0.6) is 0 Å². The van der Waals surface area contributed by atoms with Crippen LogP contribution in [0, 0.1) is 20.8 Å². The molecule has 0 saturated heterocycles. The first kappa shape index (κ1) is 20.2. The van der Waals surface area contributed by atoms with Gasteiger partial charge >= 0.3 is 0 Å². The first-order chi connectivity index (χ1) is 13.3. The molecule has 3 aromatic heterocycles. The third-order valence-electron chi connectivity index (χ3n) is 4.62. The topological polar surface area (TPSA) is 93.1 Å². The second kappa shape index (κ2) is 8.24. The lowest BCUT2D eigenvalue weighted by Gasteiger charge is -2.08. The SMILES string of the molecule is CCc1sc(C(=O)NNC(=O)CCn2cnc3sc(C)c(C)c3c2=O)cc1C. The van der Waals surface area contributed by atoms with Gasteiger partial charge in [0.15, 0.2) is 0 Å². The Morgan fingerprint density at radius 2 is 1.93 bits per heavy atom. The molecule has 28 heavy (non-hydrogen) atoms. The Morgan fingerprint density at radius 3 is 2.61 bits per heavy atom. The molecule has 0 atom stereocenters. The van der Waals surface area contributed by atoms with E-state index in [1.54, 1.807) is 0 Å². The number of hydrogen-bond acceptors (Lipinski definition) is 6. The minimum absolute atomic E-state index is 0.0548. The molecule has 0 aliphatic rings. The van der Waals surface area contributed by atoms with Crippen LogP contribution >= 0.6 is 22.7 Å². The number of nitrogens with zero attached hydrogens (tertiary/aromatic N) is 2. The zero-order valence-electron chi connectivity index (χ0n) is 16.2. The van der Waals surface area contributed by atoms with Crippen LogP contribution in [0.15, 0.2) is 17.2 Å². The molecule has 0 fully saturated rings. The predicted octanol–water partition coefficient (Wildman–Crippen LogP) is 2.86. The highest BCUT2D eigenvalue weighted by Crippen LogP contribution is 2.25. The van der Waals surface area contributed by atoms with Crippen LogP contribution in [0.2, 0.25) is 0 Å². The average Bonchev–Trinajstić information content (AvgIpc) is 3.19. The molecule has 0 radical (unpaired) electrons. The number of aromatic nitrogens is 2. The Kier molecular flexibility index (Phi) is 5.95. The molecule has 3 heterocycles. The summed E-state index contributed by atoms with van der Waals surface area (Å²) in [5.74, 6) is -0.715. The second-order valence-corrected chi connectivity index (χ2v) is 8.87. The van der Waals surface area contributed by atoms with E-state index in [1.807, 2.05) is 33.8 Å². The van der Waals surface area contributed by atoms with E-state index in [4.69, 9.17) is 0 Å². The van der Waals surface area contributed by atoms with E-state index >= 15 is 0 Å². The van der Waals surface area contributed by atoms with Crippen molar-refractivity contribution in [1.29, 1.82) is 0 Å². The van der Waals surface area contributed by atoms with Gasteiger partial charge in [0.2, 0.25) is 5.91 Å². The van der Waals surface area contributed by atoms with Crippen molar-refractivity contribution in [1.82, 2.24) is 20.4 Å². The van der Waals surface area contributed by atoms with Crippen molar-refractivity contribution in [3.05, 3.63) is 48.5 Å². The van der Waals surface area contributed by atoms with Gasteiger partial charge in [-0.2, -0.15) is 0 Å². The number of nitrogens with one attached hydrogen (secondary N) is 2. The first-order valence-corrected chi connectivity index (χ1v) is 10.6. The van der Waals surface area contributed by atoms with Gasteiger partial charge in [-0.3, -0.25) is 29.8 Å². The summed E-state index contributed by atoms with van der Waals surface area (Å²) in [6.45, 7) is 8.05. The molecule has 9 heteroatoms. The smallest absolute Gasteiger partial charge is 0.279 e. The molecule has 3 aromatic rings. The summed E-state index contributed by atoms with van der Waals surface area (Å²) in [5, 5.41) is 0.610. The highest BCUT2D eigenvalue weighted by atomic mass is 32.1. The molecule has 0 aliphatic carbocycles. The van der Waals surface area contributed by atoms with Crippen molar-refractivity contribution in [2.45, 2.75) is 47.1 Å². The van der Waals surface area contributed by atoms with Gasteiger partial charge in [0.1, 0.15) is 4.83 Å². The number of aryl methyl sites for hydroxylation is 5. The van der Waals surface area contributed by atoms with Gasteiger partial charge < -0.3 is 0 Å². The van der Waals surface area contributed by atoms with Crippen LogP contribution < -0.4 is 16.4 Å². The number of thiophene rings is 2. The zero-order chi connectivity index (χ0) is 20.4. The Hall–Kier alpha value is -2.52. The molecule has 7 nitrogen and oxygen atoms in total. The fraction of sp³-hybridized carbons (Fsp3) is 0.368. The van der Waals surface area contributed by atoms with Crippen molar-refractivity contribution in [3.63, 3.8) is 0 Å². The number of carbonyl (C=O) groups excluding carboxylic acids is 2. The molecule has 2 N–H and O–H groups in total. The Balaban J connectivity index is 1.59. The normalized spacial score (nSPS) is 11.0. The van der Waals surface area contributed by atoms with E-state index in [2.05, 4.69) is 15.8 Å². The Morgan fingerprint density at radius 1 is 1.18 bits per heavy atom. The van der Waals surface area contributed by atoms with E-state index < -0.39 is 0 Å². The highest BCUT2D eigenvalue weighted by molar-refractivity contribution is 7.18. The van der Waals surface area contributed by atoms with E-state index in [0.717, 1.165) is 27.3 Å². The van der Waals surface area contributed by atoms with Crippen molar-refractivity contribution in [3.8, 4) is 0 Å². The monoisotopic (exact) mass is 418 g/mol. The number of amides is 2. The Bertz CT molecular complexity index is 1110. The summed E-state index contributed by atoms with van der Waals surface area (Å²) >= 11 is 2.91. The number of carbonyl (C=O) groups is 2. The summed E-state index contributed by atoms with van der Waals surface area (Å²) in [6, 6.07) is 1.82. The van der Waals surface area contributed by atoms with Gasteiger partial charge in [-0.1, -0.05) is 6.92 Å². The minimum atomic E-state index is -0.373. The van der Waals surface area contributed by atoms with Crippen LogP contribution in [0.3, 0.4) is 0 Å². The molecule has 148 valence electrons. The molecule has 0 aliphatic heterocycles. The summed E-state index contributed by atoms with van der Waals surface area (Å²) < 4.78 is 1.43.